The molecule has 0 spiro atoms. The second-order valence-electron chi connectivity index (χ2n) is 4.35. The summed E-state index contributed by atoms with van der Waals surface area (Å²) >= 11 is 0. The molecule has 0 aliphatic carbocycles. The molecule has 0 atom stereocenters. The molecule has 3 N–H and O–H groups in total. The number of nitrogens with one attached hydrogen (secondary N) is 1. The average Bonchev–Trinajstić information content (AvgIpc) is 2.92. The number of amides is 1. The fourth-order valence-corrected chi connectivity index (χ4v) is 1.89. The Morgan fingerprint density at radius 2 is 2.05 bits per heavy atom. The van der Waals surface area contributed by atoms with Gasteiger partial charge in [0.1, 0.15) is 17.3 Å². The molecule has 1 heterocycles. The third-order valence-electron chi connectivity index (χ3n) is 3.00. The molecule has 2 rings (SSSR count). The van der Waals surface area contributed by atoms with Gasteiger partial charge in [-0.2, -0.15) is 0 Å². The van der Waals surface area contributed by atoms with Crippen molar-refractivity contribution in [3.8, 4) is 5.75 Å². The predicted octanol–water partition coefficient (Wildman–Crippen LogP) is 2.56. The Morgan fingerprint density at radius 3 is 2.65 bits per heavy atom. The maximum absolute atomic E-state index is 11.2. The van der Waals surface area contributed by atoms with Gasteiger partial charge in [0.05, 0.1) is 19.3 Å². The van der Waals surface area contributed by atoms with Crippen molar-refractivity contribution in [2.45, 2.75) is 19.9 Å². The maximum atomic E-state index is 11.2. The number of carbonyl (C=O) groups is 1. The molecular formula is C15H18N2O3. The zero-order valence-electron chi connectivity index (χ0n) is 11.6. The number of anilines is 1. The monoisotopic (exact) mass is 274 g/mol. The molecule has 0 saturated heterocycles. The van der Waals surface area contributed by atoms with Gasteiger partial charge in [0, 0.05) is 12.0 Å². The number of furan rings is 1. The molecule has 20 heavy (non-hydrogen) atoms. The lowest BCUT2D eigenvalue weighted by atomic mass is 10.1. The summed E-state index contributed by atoms with van der Waals surface area (Å²) in [6.07, 6.45) is 0.862. The van der Waals surface area contributed by atoms with Crippen molar-refractivity contribution in [1.82, 2.24) is 0 Å². The third-order valence-corrected chi connectivity index (χ3v) is 3.00. The van der Waals surface area contributed by atoms with E-state index in [1.165, 1.54) is 0 Å². The molecule has 1 aromatic carbocycles. The molecule has 0 bridgehead atoms. The topological polar surface area (TPSA) is 77.5 Å². The van der Waals surface area contributed by atoms with E-state index in [1.807, 2.05) is 19.1 Å². The quantitative estimate of drug-likeness (QED) is 0.848. The standard InChI is InChI=1S/C15H18N2O3/c1-3-11-5-6-12(20-11)9-17-13-8-10(15(16)18)4-7-14(13)19-2/h4-8,17H,3,9H2,1-2H3,(H2,16,18). The van der Waals surface area contributed by atoms with Gasteiger partial charge in [-0.1, -0.05) is 6.92 Å². The van der Waals surface area contributed by atoms with Gasteiger partial charge in [0.15, 0.2) is 0 Å². The molecule has 0 saturated carbocycles. The van der Waals surface area contributed by atoms with E-state index in [-0.39, 0.29) is 0 Å². The number of rotatable bonds is 6. The van der Waals surface area contributed by atoms with E-state index in [0.717, 1.165) is 17.9 Å². The summed E-state index contributed by atoms with van der Waals surface area (Å²) in [5.74, 6) is 1.95. The van der Waals surface area contributed by atoms with Gasteiger partial charge in [0.2, 0.25) is 5.91 Å². The Labute approximate surface area is 117 Å². The highest BCUT2D eigenvalue weighted by atomic mass is 16.5. The van der Waals surface area contributed by atoms with Crippen LogP contribution in [0.1, 0.15) is 28.8 Å². The summed E-state index contributed by atoms with van der Waals surface area (Å²) in [7, 11) is 1.58. The van der Waals surface area contributed by atoms with Crippen LogP contribution < -0.4 is 15.8 Å². The lowest BCUT2D eigenvalue weighted by Gasteiger charge is -2.11. The SMILES string of the molecule is CCc1ccc(CNc2cc(C(N)=O)ccc2OC)o1. The largest absolute Gasteiger partial charge is 0.495 e. The van der Waals surface area contributed by atoms with Crippen LogP contribution in [-0.2, 0) is 13.0 Å². The van der Waals surface area contributed by atoms with E-state index >= 15 is 0 Å². The minimum Gasteiger partial charge on any atom is -0.495 e. The molecule has 0 aliphatic heterocycles. The lowest BCUT2D eigenvalue weighted by Crippen LogP contribution is -2.11. The van der Waals surface area contributed by atoms with E-state index in [1.54, 1.807) is 25.3 Å². The summed E-state index contributed by atoms with van der Waals surface area (Å²) in [5.41, 5.74) is 6.42. The van der Waals surface area contributed by atoms with Crippen LogP contribution >= 0.6 is 0 Å². The van der Waals surface area contributed by atoms with Gasteiger partial charge in [-0.25, -0.2) is 0 Å². The molecular weight excluding hydrogens is 256 g/mol. The highest BCUT2D eigenvalue weighted by Gasteiger charge is 2.08. The van der Waals surface area contributed by atoms with Crippen molar-refractivity contribution >= 4 is 11.6 Å². The Kier molecular flexibility index (Phi) is 4.30. The lowest BCUT2D eigenvalue weighted by molar-refractivity contribution is 0.100. The van der Waals surface area contributed by atoms with E-state index in [4.69, 9.17) is 14.9 Å². The first kappa shape index (κ1) is 14.0. The van der Waals surface area contributed by atoms with Crippen LogP contribution in [-0.4, -0.2) is 13.0 Å². The molecule has 5 heteroatoms. The Morgan fingerprint density at radius 1 is 1.30 bits per heavy atom. The molecule has 1 aromatic heterocycles. The number of aryl methyl sites for hydroxylation is 1. The van der Waals surface area contributed by atoms with Crippen LogP contribution in [0.25, 0.3) is 0 Å². The number of hydrogen-bond donors (Lipinski definition) is 2. The summed E-state index contributed by atoms with van der Waals surface area (Å²) in [5, 5.41) is 3.19. The number of nitrogens with two attached hydrogens (primary N) is 1. The van der Waals surface area contributed by atoms with Crippen LogP contribution in [0.3, 0.4) is 0 Å². The first-order valence-electron chi connectivity index (χ1n) is 6.43. The molecule has 5 nitrogen and oxygen atoms in total. The number of carbonyl (C=O) groups excluding carboxylic acids is 1. The van der Waals surface area contributed by atoms with Crippen molar-refractivity contribution in [3.63, 3.8) is 0 Å². The number of ether oxygens (including phenoxy) is 1. The van der Waals surface area contributed by atoms with Crippen LogP contribution in [0.15, 0.2) is 34.7 Å². The Balaban J connectivity index is 2.14. The molecule has 0 aliphatic rings. The van der Waals surface area contributed by atoms with Crippen molar-refractivity contribution in [1.29, 1.82) is 0 Å². The summed E-state index contributed by atoms with van der Waals surface area (Å²) in [4.78, 5) is 11.2. The first-order valence-corrected chi connectivity index (χ1v) is 6.43. The average molecular weight is 274 g/mol. The molecule has 106 valence electrons. The molecule has 0 radical (unpaired) electrons. The smallest absolute Gasteiger partial charge is 0.248 e. The van der Waals surface area contributed by atoms with E-state index in [0.29, 0.717) is 23.5 Å². The van der Waals surface area contributed by atoms with Crippen molar-refractivity contribution in [2.24, 2.45) is 5.73 Å². The van der Waals surface area contributed by atoms with Gasteiger partial charge in [0.25, 0.3) is 0 Å². The second-order valence-corrected chi connectivity index (χ2v) is 4.35. The van der Waals surface area contributed by atoms with Gasteiger partial charge >= 0.3 is 0 Å². The molecule has 2 aromatic rings. The number of primary amides is 1. The van der Waals surface area contributed by atoms with E-state index in [9.17, 15) is 4.79 Å². The van der Waals surface area contributed by atoms with E-state index in [2.05, 4.69) is 5.32 Å². The molecule has 0 unspecified atom stereocenters. The van der Waals surface area contributed by atoms with Crippen LogP contribution in [0.5, 0.6) is 5.75 Å². The third kappa shape index (κ3) is 3.12. The van der Waals surface area contributed by atoms with Crippen LogP contribution in [0, 0.1) is 0 Å². The maximum Gasteiger partial charge on any atom is 0.248 e. The number of methoxy groups -OCH3 is 1. The van der Waals surface area contributed by atoms with Crippen molar-refractivity contribution < 1.29 is 13.9 Å². The van der Waals surface area contributed by atoms with Crippen LogP contribution in [0.2, 0.25) is 0 Å². The Hall–Kier alpha value is -2.43. The predicted molar refractivity (Wildman–Crippen MR) is 76.9 cm³/mol. The molecule has 0 fully saturated rings. The minimum absolute atomic E-state index is 0.432. The minimum atomic E-state index is -0.470. The normalized spacial score (nSPS) is 10.3. The zero-order chi connectivity index (χ0) is 14.5. The van der Waals surface area contributed by atoms with Gasteiger partial charge in [-0.3, -0.25) is 4.79 Å². The highest BCUT2D eigenvalue weighted by Crippen LogP contribution is 2.26. The van der Waals surface area contributed by atoms with Gasteiger partial charge < -0.3 is 20.2 Å². The van der Waals surface area contributed by atoms with Gasteiger partial charge in [-0.15, -0.1) is 0 Å². The summed E-state index contributed by atoms with van der Waals surface area (Å²) in [6.45, 7) is 2.55. The van der Waals surface area contributed by atoms with Crippen molar-refractivity contribution in [3.05, 3.63) is 47.4 Å². The zero-order valence-corrected chi connectivity index (χ0v) is 11.6. The van der Waals surface area contributed by atoms with Gasteiger partial charge in [-0.05, 0) is 30.3 Å². The summed E-state index contributed by atoms with van der Waals surface area (Å²) in [6, 6.07) is 8.89. The number of benzene rings is 1. The fraction of sp³-hybridized carbons (Fsp3) is 0.267. The van der Waals surface area contributed by atoms with Crippen molar-refractivity contribution in [2.75, 3.05) is 12.4 Å². The van der Waals surface area contributed by atoms with E-state index < -0.39 is 5.91 Å². The second kappa shape index (κ2) is 6.14. The number of hydrogen-bond acceptors (Lipinski definition) is 4. The summed E-state index contributed by atoms with van der Waals surface area (Å²) < 4.78 is 10.9. The first-order chi connectivity index (χ1) is 9.63. The molecule has 1 amide bonds. The highest BCUT2D eigenvalue weighted by molar-refractivity contribution is 5.94. The Bertz CT molecular complexity index is 605. The van der Waals surface area contributed by atoms with Crippen LogP contribution in [0.4, 0.5) is 5.69 Å². The fourth-order valence-electron chi connectivity index (χ4n) is 1.89.